The molecule has 0 saturated heterocycles. The largest absolute Gasteiger partial charge is 0.435 e. The van der Waals surface area contributed by atoms with Crippen molar-refractivity contribution in [3.8, 4) is 5.75 Å². The molecule has 0 radical (unpaired) electrons. The van der Waals surface area contributed by atoms with Gasteiger partial charge in [0.1, 0.15) is 5.75 Å². The van der Waals surface area contributed by atoms with Crippen LogP contribution in [-0.4, -0.2) is 30.3 Å². The molecule has 4 nitrogen and oxygen atoms in total. The molecule has 2 N–H and O–H groups in total. The van der Waals surface area contributed by atoms with E-state index in [4.69, 9.17) is 0 Å². The van der Waals surface area contributed by atoms with Gasteiger partial charge in [0.2, 0.25) is 0 Å². The van der Waals surface area contributed by atoms with Crippen LogP contribution in [0.2, 0.25) is 0 Å². The molecule has 0 aromatic heterocycles. The normalized spacial score (nSPS) is 12.3. The number of rotatable bonds is 7. The molecule has 1 aromatic rings. The van der Waals surface area contributed by atoms with Crippen LogP contribution in [0, 0.1) is 0 Å². The highest BCUT2D eigenvalue weighted by Gasteiger charge is 2.09. The fourth-order valence-corrected chi connectivity index (χ4v) is 1.54. The third-order valence-corrected chi connectivity index (χ3v) is 2.46. The Morgan fingerprint density at radius 3 is 2.53 bits per heavy atom. The Kier molecular flexibility index (Phi) is 6.21. The summed E-state index contributed by atoms with van der Waals surface area (Å²) in [7, 11) is 0. The Morgan fingerprint density at radius 2 is 2.00 bits per heavy atom. The number of hydrogen-bond acceptors (Lipinski definition) is 3. The number of carbonyl (C=O) groups is 1. The summed E-state index contributed by atoms with van der Waals surface area (Å²) in [6, 6.07) is 5.37. The molecule has 0 aliphatic carbocycles. The van der Waals surface area contributed by atoms with Crippen molar-refractivity contribution in [2.24, 2.45) is 0 Å². The van der Waals surface area contributed by atoms with Crippen molar-refractivity contribution in [2.75, 3.05) is 6.54 Å². The van der Waals surface area contributed by atoms with Gasteiger partial charge in [0, 0.05) is 12.1 Å². The summed E-state index contributed by atoms with van der Waals surface area (Å²) in [6.45, 7) is -0.779. The van der Waals surface area contributed by atoms with Crippen molar-refractivity contribution >= 4 is 5.91 Å². The zero-order valence-corrected chi connectivity index (χ0v) is 10.6. The fraction of sp³-hybridized carbons (Fsp3) is 0.462. The van der Waals surface area contributed by atoms with Crippen LogP contribution >= 0.6 is 0 Å². The Bertz CT molecular complexity index is 395. The molecule has 1 atom stereocenters. The average Bonchev–Trinajstić information content (AvgIpc) is 2.36. The Hall–Kier alpha value is -1.69. The highest BCUT2D eigenvalue weighted by Crippen LogP contribution is 2.14. The van der Waals surface area contributed by atoms with Gasteiger partial charge in [-0.2, -0.15) is 8.78 Å². The Balaban J connectivity index is 2.48. The maximum Gasteiger partial charge on any atom is 0.387 e. The molecular formula is C13H17F2NO3. The quantitative estimate of drug-likeness (QED) is 0.800. The van der Waals surface area contributed by atoms with Gasteiger partial charge >= 0.3 is 6.61 Å². The number of benzene rings is 1. The lowest BCUT2D eigenvalue weighted by molar-refractivity contribution is -0.0498. The molecule has 0 aliphatic rings. The van der Waals surface area contributed by atoms with E-state index in [9.17, 15) is 18.7 Å². The van der Waals surface area contributed by atoms with E-state index in [1.807, 2.05) is 6.92 Å². The molecule has 6 heteroatoms. The summed E-state index contributed by atoms with van der Waals surface area (Å²) >= 11 is 0. The number of carbonyl (C=O) groups excluding carboxylic acids is 1. The van der Waals surface area contributed by atoms with Gasteiger partial charge in [-0.15, -0.1) is 0 Å². The molecule has 0 heterocycles. The van der Waals surface area contributed by atoms with Gasteiger partial charge in [0.15, 0.2) is 0 Å². The van der Waals surface area contributed by atoms with Gasteiger partial charge in [-0.05, 0) is 30.7 Å². The third-order valence-electron chi connectivity index (χ3n) is 2.46. The molecule has 0 saturated carbocycles. The zero-order chi connectivity index (χ0) is 14.3. The number of alkyl halides is 2. The number of halogens is 2. The smallest absolute Gasteiger partial charge is 0.387 e. The monoisotopic (exact) mass is 273 g/mol. The van der Waals surface area contributed by atoms with Crippen LogP contribution in [0.25, 0.3) is 0 Å². The predicted octanol–water partition coefficient (Wildman–Crippen LogP) is 2.18. The highest BCUT2D eigenvalue weighted by atomic mass is 19.3. The van der Waals surface area contributed by atoms with E-state index < -0.39 is 12.7 Å². The van der Waals surface area contributed by atoms with E-state index in [2.05, 4.69) is 10.1 Å². The van der Waals surface area contributed by atoms with E-state index in [1.54, 1.807) is 0 Å². The first kappa shape index (κ1) is 15.4. The second-order valence-electron chi connectivity index (χ2n) is 4.06. The first-order valence-electron chi connectivity index (χ1n) is 6.04. The van der Waals surface area contributed by atoms with Gasteiger partial charge in [-0.25, -0.2) is 0 Å². The first-order chi connectivity index (χ1) is 9.02. The molecular weight excluding hydrogens is 256 g/mol. The van der Waals surface area contributed by atoms with Crippen LogP contribution in [0.3, 0.4) is 0 Å². The summed E-state index contributed by atoms with van der Waals surface area (Å²) in [6.07, 6.45) is 0.869. The van der Waals surface area contributed by atoms with Gasteiger partial charge in [-0.1, -0.05) is 13.3 Å². The molecule has 1 unspecified atom stereocenters. The second-order valence-corrected chi connectivity index (χ2v) is 4.06. The number of aliphatic hydroxyl groups is 1. The lowest BCUT2D eigenvalue weighted by Gasteiger charge is -2.11. The molecule has 0 aliphatic heterocycles. The van der Waals surface area contributed by atoms with Crippen LogP contribution in [0.5, 0.6) is 5.75 Å². The zero-order valence-electron chi connectivity index (χ0n) is 10.6. The van der Waals surface area contributed by atoms with E-state index in [-0.39, 0.29) is 18.2 Å². The fourth-order valence-electron chi connectivity index (χ4n) is 1.54. The molecule has 19 heavy (non-hydrogen) atoms. The van der Waals surface area contributed by atoms with Crippen molar-refractivity contribution in [1.82, 2.24) is 5.32 Å². The Labute approximate surface area is 110 Å². The first-order valence-corrected chi connectivity index (χ1v) is 6.04. The number of aliphatic hydroxyl groups excluding tert-OH is 1. The van der Waals surface area contributed by atoms with E-state index in [0.29, 0.717) is 12.0 Å². The van der Waals surface area contributed by atoms with Crippen LogP contribution < -0.4 is 10.1 Å². The summed E-state index contributed by atoms with van der Waals surface area (Å²) in [5, 5.41) is 12.0. The average molecular weight is 273 g/mol. The van der Waals surface area contributed by atoms with Gasteiger partial charge in [0.05, 0.1) is 6.10 Å². The summed E-state index contributed by atoms with van der Waals surface area (Å²) < 4.78 is 28.0. The molecule has 1 amide bonds. The van der Waals surface area contributed by atoms with Crippen molar-refractivity contribution in [3.05, 3.63) is 29.8 Å². The molecule has 0 bridgehead atoms. The van der Waals surface area contributed by atoms with Gasteiger partial charge in [0.25, 0.3) is 5.91 Å². The van der Waals surface area contributed by atoms with Crippen LogP contribution in [0.4, 0.5) is 8.78 Å². The van der Waals surface area contributed by atoms with Gasteiger partial charge < -0.3 is 15.2 Å². The van der Waals surface area contributed by atoms with Crippen LogP contribution in [-0.2, 0) is 0 Å². The molecule has 1 aromatic carbocycles. The third kappa shape index (κ3) is 5.65. The predicted molar refractivity (Wildman–Crippen MR) is 66.3 cm³/mol. The van der Waals surface area contributed by atoms with Crippen molar-refractivity contribution in [2.45, 2.75) is 32.5 Å². The minimum Gasteiger partial charge on any atom is -0.435 e. The van der Waals surface area contributed by atoms with E-state index >= 15 is 0 Å². The summed E-state index contributed by atoms with van der Waals surface area (Å²) in [5.74, 6) is -0.365. The number of amides is 1. The lowest BCUT2D eigenvalue weighted by atomic mass is 10.2. The SMILES string of the molecule is CCCC(O)CNC(=O)c1ccc(OC(F)F)cc1. The molecule has 0 fully saturated rings. The number of hydrogen-bond donors (Lipinski definition) is 2. The van der Waals surface area contributed by atoms with Gasteiger partial charge in [-0.3, -0.25) is 4.79 Å². The van der Waals surface area contributed by atoms with Crippen LogP contribution in [0.1, 0.15) is 30.1 Å². The standard InChI is InChI=1S/C13H17F2NO3/c1-2-3-10(17)8-16-12(18)9-4-6-11(7-5-9)19-13(14)15/h4-7,10,13,17H,2-3,8H2,1H3,(H,16,18). The number of ether oxygens (including phenoxy) is 1. The highest BCUT2D eigenvalue weighted by molar-refractivity contribution is 5.94. The second kappa shape index (κ2) is 7.68. The minimum atomic E-state index is -2.89. The maximum atomic E-state index is 11.9. The van der Waals surface area contributed by atoms with E-state index in [0.717, 1.165) is 6.42 Å². The Morgan fingerprint density at radius 1 is 1.37 bits per heavy atom. The van der Waals surface area contributed by atoms with Crippen molar-refractivity contribution in [1.29, 1.82) is 0 Å². The van der Waals surface area contributed by atoms with Crippen LogP contribution in [0.15, 0.2) is 24.3 Å². The number of nitrogens with one attached hydrogen (secondary N) is 1. The summed E-state index contributed by atoms with van der Waals surface area (Å²) in [5.41, 5.74) is 0.324. The topological polar surface area (TPSA) is 58.6 Å². The van der Waals surface area contributed by atoms with E-state index in [1.165, 1.54) is 24.3 Å². The molecule has 106 valence electrons. The van der Waals surface area contributed by atoms with Crippen molar-refractivity contribution in [3.63, 3.8) is 0 Å². The molecule has 1 rings (SSSR count). The van der Waals surface area contributed by atoms with Crippen molar-refractivity contribution < 1.29 is 23.4 Å². The lowest BCUT2D eigenvalue weighted by Crippen LogP contribution is -2.31. The molecule has 0 spiro atoms. The summed E-state index contributed by atoms with van der Waals surface area (Å²) in [4.78, 5) is 11.7. The minimum absolute atomic E-state index is 0.00225. The maximum absolute atomic E-state index is 11.9.